The van der Waals surface area contributed by atoms with Gasteiger partial charge in [0.25, 0.3) is 0 Å². The summed E-state index contributed by atoms with van der Waals surface area (Å²) in [6.45, 7) is 0. The van der Waals surface area contributed by atoms with Crippen molar-refractivity contribution in [3.63, 3.8) is 0 Å². The summed E-state index contributed by atoms with van der Waals surface area (Å²) >= 11 is 0. The van der Waals surface area contributed by atoms with E-state index in [1.807, 2.05) is 48.5 Å². The fourth-order valence-corrected chi connectivity index (χ4v) is 5.69. The van der Waals surface area contributed by atoms with Crippen LogP contribution < -0.4 is 0 Å². The molecular weight excluding hydrogens is 573 g/mol. The summed E-state index contributed by atoms with van der Waals surface area (Å²) in [6, 6.07) is 23.3. The number of rotatable bonds is 5. The van der Waals surface area contributed by atoms with E-state index < -0.39 is 78.2 Å². The van der Waals surface area contributed by atoms with E-state index in [0.29, 0.717) is 11.1 Å². The first-order chi connectivity index (χ1) is 28.3. The first-order valence-corrected chi connectivity index (χ1v) is 14.8. The summed E-state index contributed by atoms with van der Waals surface area (Å²) in [5.74, 6) is 0.246. The second-order valence-electron chi connectivity index (χ2n) is 10.8. The highest BCUT2D eigenvalue weighted by atomic mass is 15.0. The molecule has 47 heavy (non-hydrogen) atoms. The van der Waals surface area contributed by atoms with Crippen molar-refractivity contribution in [3.05, 3.63) is 170 Å². The largest absolute Gasteiger partial charge is 0.309 e. The van der Waals surface area contributed by atoms with Crippen molar-refractivity contribution in [2.75, 3.05) is 0 Å². The summed E-state index contributed by atoms with van der Waals surface area (Å²) in [7, 11) is 0. The van der Waals surface area contributed by atoms with Gasteiger partial charge in [-0.25, -0.2) is 15.0 Å². The summed E-state index contributed by atoms with van der Waals surface area (Å²) < 4.78 is 107. The van der Waals surface area contributed by atoms with Crippen molar-refractivity contribution in [1.29, 1.82) is 0 Å². The van der Waals surface area contributed by atoms with Gasteiger partial charge in [0, 0.05) is 33.2 Å². The molecule has 9 rings (SSSR count). The molecule has 2 aromatic heterocycles. The molecule has 0 bridgehead atoms. The van der Waals surface area contributed by atoms with E-state index >= 15 is 0 Å². The molecule has 7 aromatic carbocycles. The molecule has 0 radical (unpaired) electrons. The highest BCUT2D eigenvalue weighted by molar-refractivity contribution is 6.09. The van der Waals surface area contributed by atoms with E-state index in [1.54, 1.807) is 24.3 Å². The molecule has 0 saturated heterocycles. The van der Waals surface area contributed by atoms with Gasteiger partial charge in [0.15, 0.2) is 17.5 Å². The number of para-hydroxylation sites is 2. The Morgan fingerprint density at radius 3 is 1.57 bits per heavy atom. The SMILES string of the molecule is [2H]c1c([2H])c(-n2c3c([2H])c([2H])c([2H])c([2H])c3c3c([2H])c([2H])c([2H])c([2H])c32)c([2H])c([2H])c1-c1nc(-c2ccccc2)nc(-c2ccc(-c3ccc4ccccc4c3)cc2)n1. The van der Waals surface area contributed by atoms with E-state index in [4.69, 9.17) is 20.9 Å². The third kappa shape index (κ3) is 4.84. The standard InChI is InChI=1S/C43H28N4/c1-2-11-31(12-3-1)41-44-42(32-21-18-30(19-22-32)35-23-20-29-10-4-5-13-34(29)28-35)46-43(45-41)33-24-26-36(27-25-33)47-39-16-8-6-14-37(39)38-15-7-9-17-40(38)47/h1-28H/i6D,7D,8D,9D,14D,15D,16D,17D,24D,25D,26D,27D. The molecule has 0 aliphatic carbocycles. The molecule has 0 unspecified atom stereocenters. The van der Waals surface area contributed by atoms with Crippen LogP contribution in [0.3, 0.4) is 0 Å². The number of hydrogen-bond acceptors (Lipinski definition) is 3. The number of fused-ring (bicyclic) bond motifs is 4. The van der Waals surface area contributed by atoms with Gasteiger partial charge in [-0.1, -0.05) is 127 Å². The fraction of sp³-hybridized carbons (Fsp3) is 0. The molecule has 4 heteroatoms. The van der Waals surface area contributed by atoms with Crippen LogP contribution in [0.1, 0.15) is 16.4 Å². The minimum Gasteiger partial charge on any atom is -0.309 e. The van der Waals surface area contributed by atoms with Crippen LogP contribution in [0, 0.1) is 0 Å². The Labute approximate surface area is 289 Å². The zero-order valence-electron chi connectivity index (χ0n) is 36.5. The minimum atomic E-state index is -0.676. The van der Waals surface area contributed by atoms with Crippen LogP contribution in [0.4, 0.5) is 0 Å². The summed E-state index contributed by atoms with van der Waals surface area (Å²) in [6.07, 6.45) is 0. The van der Waals surface area contributed by atoms with Crippen molar-refractivity contribution in [3.8, 4) is 51.0 Å². The Hall–Kier alpha value is -6.39. The Bertz CT molecular complexity index is 3140. The molecule has 220 valence electrons. The molecule has 4 nitrogen and oxygen atoms in total. The van der Waals surface area contributed by atoms with Gasteiger partial charge in [-0.2, -0.15) is 0 Å². The summed E-state index contributed by atoms with van der Waals surface area (Å²) in [5, 5.41) is 1.72. The van der Waals surface area contributed by atoms with Crippen molar-refractivity contribution < 1.29 is 16.4 Å². The highest BCUT2D eigenvalue weighted by Gasteiger charge is 2.15. The van der Waals surface area contributed by atoms with Crippen molar-refractivity contribution in [1.82, 2.24) is 19.5 Å². The smallest absolute Gasteiger partial charge is 0.164 e. The second kappa shape index (κ2) is 11.2. The minimum absolute atomic E-state index is 0.165. The monoisotopic (exact) mass is 612 g/mol. The van der Waals surface area contributed by atoms with E-state index in [-0.39, 0.29) is 44.8 Å². The maximum absolute atomic E-state index is 9.31. The number of nitrogens with zero attached hydrogens (tertiary/aromatic N) is 4. The van der Waals surface area contributed by atoms with E-state index in [9.17, 15) is 5.48 Å². The van der Waals surface area contributed by atoms with E-state index in [1.165, 1.54) is 0 Å². The number of hydrogen-bond donors (Lipinski definition) is 0. The molecule has 0 amide bonds. The topological polar surface area (TPSA) is 43.6 Å². The Morgan fingerprint density at radius 1 is 0.404 bits per heavy atom. The average Bonchev–Trinajstić information content (AvgIpc) is 3.61. The third-order valence-electron chi connectivity index (χ3n) is 7.98. The average molecular weight is 613 g/mol. The van der Waals surface area contributed by atoms with Crippen LogP contribution in [-0.4, -0.2) is 19.5 Å². The van der Waals surface area contributed by atoms with Gasteiger partial charge in [0.1, 0.15) is 0 Å². The first kappa shape index (κ1) is 17.3. The van der Waals surface area contributed by atoms with Gasteiger partial charge >= 0.3 is 0 Å². The van der Waals surface area contributed by atoms with Gasteiger partial charge in [-0.05, 0) is 64.2 Å². The maximum atomic E-state index is 9.31. The molecule has 0 saturated carbocycles. The van der Waals surface area contributed by atoms with Gasteiger partial charge in [0.05, 0.1) is 27.5 Å². The summed E-state index contributed by atoms with van der Waals surface area (Å²) in [5.41, 5.74) is 1.74. The van der Waals surface area contributed by atoms with Gasteiger partial charge in [-0.15, -0.1) is 0 Å². The van der Waals surface area contributed by atoms with Crippen LogP contribution >= 0.6 is 0 Å². The van der Waals surface area contributed by atoms with Gasteiger partial charge < -0.3 is 4.57 Å². The Kier molecular flexibility index (Phi) is 4.13. The first-order valence-electron chi connectivity index (χ1n) is 20.8. The molecule has 0 fully saturated rings. The lowest BCUT2D eigenvalue weighted by Gasteiger charge is -2.11. The van der Waals surface area contributed by atoms with Gasteiger partial charge in [-0.3, -0.25) is 0 Å². The molecule has 0 spiro atoms. The highest BCUT2D eigenvalue weighted by Crippen LogP contribution is 2.33. The van der Waals surface area contributed by atoms with Crippen LogP contribution in [0.25, 0.3) is 83.6 Å². The molecule has 0 aliphatic rings. The predicted octanol–water partition coefficient (Wildman–Crippen LogP) is 10.8. The molecule has 2 heterocycles. The molecule has 0 N–H and O–H groups in total. The quantitative estimate of drug-likeness (QED) is 0.194. The lowest BCUT2D eigenvalue weighted by Crippen LogP contribution is -2.00. The molecular formula is C43H28N4. The molecule has 0 aliphatic heterocycles. The zero-order valence-corrected chi connectivity index (χ0v) is 24.5. The Balaban J connectivity index is 1.27. The van der Waals surface area contributed by atoms with Crippen LogP contribution in [0.15, 0.2) is 170 Å². The molecule has 9 aromatic rings. The van der Waals surface area contributed by atoms with Crippen LogP contribution in [0.2, 0.25) is 0 Å². The Morgan fingerprint density at radius 2 is 0.915 bits per heavy atom. The van der Waals surface area contributed by atoms with Crippen molar-refractivity contribution >= 4 is 32.6 Å². The fourth-order valence-electron chi connectivity index (χ4n) is 5.69. The van der Waals surface area contributed by atoms with Gasteiger partial charge in [0.2, 0.25) is 0 Å². The number of benzene rings is 7. The lowest BCUT2D eigenvalue weighted by molar-refractivity contribution is 1.07. The van der Waals surface area contributed by atoms with Crippen LogP contribution in [-0.2, 0) is 0 Å². The zero-order chi connectivity index (χ0) is 41.6. The third-order valence-corrected chi connectivity index (χ3v) is 7.98. The van der Waals surface area contributed by atoms with Crippen LogP contribution in [0.5, 0.6) is 0 Å². The van der Waals surface area contributed by atoms with Crippen molar-refractivity contribution in [2.24, 2.45) is 0 Å². The normalized spacial score (nSPS) is 15.0. The lowest BCUT2D eigenvalue weighted by atomic mass is 10.00. The molecule has 0 atom stereocenters. The van der Waals surface area contributed by atoms with E-state index in [2.05, 4.69) is 29.2 Å². The second-order valence-corrected chi connectivity index (χ2v) is 10.8. The number of aromatic nitrogens is 4. The summed E-state index contributed by atoms with van der Waals surface area (Å²) in [4.78, 5) is 14.1. The van der Waals surface area contributed by atoms with E-state index in [0.717, 1.165) is 26.5 Å². The maximum Gasteiger partial charge on any atom is 0.164 e. The predicted molar refractivity (Wildman–Crippen MR) is 193 cm³/mol. The van der Waals surface area contributed by atoms with Crippen molar-refractivity contribution in [2.45, 2.75) is 0 Å².